The molecule has 164 valence electrons. The van der Waals surface area contributed by atoms with Crippen molar-refractivity contribution in [3.63, 3.8) is 0 Å². The number of aliphatic hydroxyl groups excluding tert-OH is 1. The summed E-state index contributed by atoms with van der Waals surface area (Å²) in [5.41, 5.74) is 4.66. The minimum atomic E-state index is -0.0517. The van der Waals surface area contributed by atoms with E-state index in [1.165, 1.54) is 11.1 Å². The number of ether oxygens (including phenoxy) is 3. The minimum Gasteiger partial charge on any atom is -0.396 e. The highest BCUT2D eigenvalue weighted by molar-refractivity contribution is 5.17. The van der Waals surface area contributed by atoms with Gasteiger partial charge < -0.3 is 19.3 Å². The normalized spacial score (nSPS) is 14.3. The van der Waals surface area contributed by atoms with Crippen LogP contribution in [-0.2, 0) is 27.4 Å². The predicted molar refractivity (Wildman–Crippen MR) is 121 cm³/mol. The Morgan fingerprint density at radius 3 is 1.97 bits per heavy atom. The molecule has 0 unspecified atom stereocenters. The van der Waals surface area contributed by atoms with Gasteiger partial charge in [0.25, 0.3) is 0 Å². The van der Waals surface area contributed by atoms with Crippen molar-refractivity contribution < 1.29 is 19.3 Å². The van der Waals surface area contributed by atoms with Crippen LogP contribution < -0.4 is 0 Å². The Bertz CT molecular complexity index is 727. The fourth-order valence-electron chi connectivity index (χ4n) is 3.29. The van der Waals surface area contributed by atoms with Gasteiger partial charge in [-0.3, -0.25) is 0 Å². The smallest absolute Gasteiger partial charge is 0.147 e. The van der Waals surface area contributed by atoms with Crippen LogP contribution in [0.15, 0.2) is 71.8 Å². The average Bonchev–Trinajstić information content (AvgIpc) is 2.79. The molecule has 0 radical (unpaired) electrons. The topological polar surface area (TPSA) is 47.9 Å². The molecule has 0 spiro atoms. The Kier molecular flexibility index (Phi) is 11.4. The third-order valence-electron chi connectivity index (χ3n) is 5.53. The van der Waals surface area contributed by atoms with Crippen LogP contribution in [0.2, 0.25) is 0 Å². The first-order valence-corrected chi connectivity index (χ1v) is 10.7. The van der Waals surface area contributed by atoms with E-state index >= 15 is 0 Å². The number of benzene rings is 2. The van der Waals surface area contributed by atoms with Crippen LogP contribution in [0.25, 0.3) is 0 Å². The summed E-state index contributed by atoms with van der Waals surface area (Å²) >= 11 is 0. The van der Waals surface area contributed by atoms with E-state index in [-0.39, 0.29) is 25.4 Å². The van der Waals surface area contributed by atoms with Gasteiger partial charge in [0.05, 0.1) is 19.3 Å². The molecular weight excluding hydrogens is 376 g/mol. The maximum atomic E-state index is 9.86. The van der Waals surface area contributed by atoms with Crippen molar-refractivity contribution >= 4 is 0 Å². The number of aliphatic hydroxyl groups is 1. The van der Waals surface area contributed by atoms with Crippen LogP contribution in [0.3, 0.4) is 0 Å². The average molecular weight is 413 g/mol. The molecule has 0 aliphatic rings. The Balaban J connectivity index is 1.69. The molecule has 30 heavy (non-hydrogen) atoms. The molecular formula is C26H36O4. The number of hydrogen-bond donors (Lipinski definition) is 1. The molecule has 2 aromatic rings. The Hall–Kier alpha value is -1.98. The lowest BCUT2D eigenvalue weighted by Gasteiger charge is -2.22. The summed E-state index contributed by atoms with van der Waals surface area (Å²) in [5.74, 6) is 0.126. The van der Waals surface area contributed by atoms with E-state index in [9.17, 15) is 5.11 Å². The van der Waals surface area contributed by atoms with Crippen LogP contribution in [-0.4, -0.2) is 31.2 Å². The molecule has 0 fully saturated rings. The molecule has 0 heterocycles. The van der Waals surface area contributed by atoms with Crippen LogP contribution in [0, 0.1) is 5.92 Å². The van der Waals surface area contributed by atoms with E-state index < -0.39 is 0 Å². The van der Waals surface area contributed by atoms with Gasteiger partial charge in [0.1, 0.15) is 6.79 Å². The molecule has 0 saturated heterocycles. The van der Waals surface area contributed by atoms with E-state index in [0.717, 1.165) is 24.0 Å². The molecule has 0 amide bonds. The summed E-state index contributed by atoms with van der Waals surface area (Å²) < 4.78 is 17.2. The number of hydrogen-bond acceptors (Lipinski definition) is 4. The summed E-state index contributed by atoms with van der Waals surface area (Å²) in [5, 5.41) is 9.86. The SMILES string of the molecule is C/C(=C(/C)[C@@H](C)OCOCc1ccccc1)[C@@H](CO)CCCOCc1ccccc1. The third kappa shape index (κ3) is 8.80. The Morgan fingerprint density at radius 1 is 0.833 bits per heavy atom. The van der Waals surface area contributed by atoms with Crippen molar-refractivity contribution in [2.75, 3.05) is 20.0 Å². The quantitative estimate of drug-likeness (QED) is 0.253. The van der Waals surface area contributed by atoms with E-state index in [4.69, 9.17) is 14.2 Å². The second-order valence-corrected chi connectivity index (χ2v) is 7.69. The fourth-order valence-corrected chi connectivity index (χ4v) is 3.29. The first kappa shape index (κ1) is 24.3. The molecule has 0 aliphatic carbocycles. The Labute approximate surface area is 181 Å². The molecule has 0 saturated carbocycles. The van der Waals surface area contributed by atoms with E-state index in [2.05, 4.69) is 26.0 Å². The molecule has 4 heteroatoms. The van der Waals surface area contributed by atoms with Crippen molar-refractivity contribution in [3.8, 4) is 0 Å². The monoisotopic (exact) mass is 412 g/mol. The fraction of sp³-hybridized carbons (Fsp3) is 0.462. The summed E-state index contributed by atoms with van der Waals surface area (Å²) in [7, 11) is 0. The van der Waals surface area contributed by atoms with Gasteiger partial charge in [0.2, 0.25) is 0 Å². The van der Waals surface area contributed by atoms with Crippen molar-refractivity contribution in [1.82, 2.24) is 0 Å². The van der Waals surface area contributed by atoms with Gasteiger partial charge in [0, 0.05) is 19.1 Å². The molecule has 2 rings (SSSR count). The predicted octanol–water partition coefficient (Wildman–Crippen LogP) is 5.51. The minimum absolute atomic E-state index is 0.0517. The van der Waals surface area contributed by atoms with Crippen LogP contribution in [0.4, 0.5) is 0 Å². The van der Waals surface area contributed by atoms with E-state index in [1.54, 1.807) is 0 Å². The highest BCUT2D eigenvalue weighted by Gasteiger charge is 2.16. The van der Waals surface area contributed by atoms with Crippen molar-refractivity contribution in [3.05, 3.63) is 82.9 Å². The lowest BCUT2D eigenvalue weighted by molar-refractivity contribution is -0.0807. The highest BCUT2D eigenvalue weighted by atomic mass is 16.7. The van der Waals surface area contributed by atoms with Crippen molar-refractivity contribution in [2.24, 2.45) is 5.92 Å². The Morgan fingerprint density at radius 2 is 1.40 bits per heavy atom. The van der Waals surface area contributed by atoms with E-state index in [0.29, 0.717) is 19.8 Å². The first-order valence-electron chi connectivity index (χ1n) is 10.7. The zero-order chi connectivity index (χ0) is 21.6. The van der Waals surface area contributed by atoms with Crippen LogP contribution >= 0.6 is 0 Å². The zero-order valence-electron chi connectivity index (χ0n) is 18.5. The first-order chi connectivity index (χ1) is 14.6. The van der Waals surface area contributed by atoms with Gasteiger partial charge >= 0.3 is 0 Å². The van der Waals surface area contributed by atoms with Gasteiger partial charge in [-0.1, -0.05) is 66.2 Å². The second-order valence-electron chi connectivity index (χ2n) is 7.69. The maximum absolute atomic E-state index is 9.86. The summed E-state index contributed by atoms with van der Waals surface area (Å²) in [6, 6.07) is 20.2. The summed E-state index contributed by atoms with van der Waals surface area (Å²) in [4.78, 5) is 0. The lowest BCUT2D eigenvalue weighted by Crippen LogP contribution is -2.18. The van der Waals surface area contributed by atoms with Crippen LogP contribution in [0.1, 0.15) is 44.7 Å². The second kappa shape index (κ2) is 14.1. The maximum Gasteiger partial charge on any atom is 0.147 e. The largest absolute Gasteiger partial charge is 0.396 e. The summed E-state index contributed by atoms with van der Waals surface area (Å²) in [6.45, 7) is 8.44. The van der Waals surface area contributed by atoms with Gasteiger partial charge in [-0.25, -0.2) is 0 Å². The molecule has 0 aromatic heterocycles. The van der Waals surface area contributed by atoms with Gasteiger partial charge in [-0.2, -0.15) is 0 Å². The number of rotatable bonds is 14. The van der Waals surface area contributed by atoms with Crippen molar-refractivity contribution in [1.29, 1.82) is 0 Å². The lowest BCUT2D eigenvalue weighted by atomic mass is 9.91. The molecule has 2 aromatic carbocycles. The third-order valence-corrected chi connectivity index (χ3v) is 5.53. The standard InChI is InChI=1S/C26H36O4/c1-21(23(3)30-20-29-19-25-13-8-5-9-14-25)22(2)26(17-27)15-10-16-28-18-24-11-6-4-7-12-24/h4-9,11-14,23,26-27H,10,15-20H2,1-3H3/b22-21+/t23-,26-/m1/s1. The summed E-state index contributed by atoms with van der Waals surface area (Å²) in [6.07, 6.45) is 1.76. The molecule has 2 atom stereocenters. The molecule has 0 aliphatic heterocycles. The van der Waals surface area contributed by atoms with Crippen molar-refractivity contribution in [2.45, 2.75) is 52.9 Å². The molecule has 0 bridgehead atoms. The zero-order valence-corrected chi connectivity index (χ0v) is 18.5. The van der Waals surface area contributed by atoms with Gasteiger partial charge in [-0.15, -0.1) is 0 Å². The van der Waals surface area contributed by atoms with Gasteiger partial charge in [-0.05, 0) is 50.3 Å². The van der Waals surface area contributed by atoms with Gasteiger partial charge in [0.15, 0.2) is 0 Å². The van der Waals surface area contributed by atoms with Crippen LogP contribution in [0.5, 0.6) is 0 Å². The molecule has 1 N–H and O–H groups in total. The molecule has 4 nitrogen and oxygen atoms in total. The highest BCUT2D eigenvalue weighted by Crippen LogP contribution is 2.23. The van der Waals surface area contributed by atoms with E-state index in [1.807, 2.05) is 55.5 Å².